The van der Waals surface area contributed by atoms with Crippen LogP contribution in [0.4, 0.5) is 0 Å². The molecule has 2 aromatic rings. The number of carbonyl (C=O) groups excluding carboxylic acids is 1. The molecule has 1 atom stereocenters. The third-order valence-corrected chi connectivity index (χ3v) is 6.04. The average molecular weight is 397 g/mol. The van der Waals surface area contributed by atoms with Crippen LogP contribution in [0, 0.1) is 0 Å². The molecule has 0 aliphatic carbocycles. The maximum atomic E-state index is 13.2. The fourth-order valence-electron chi connectivity index (χ4n) is 2.90. The number of amides is 1. The highest BCUT2D eigenvalue weighted by molar-refractivity contribution is 7.89. The molecular formula is C17H21ClN4O3S. The van der Waals surface area contributed by atoms with Crippen LogP contribution in [0.3, 0.4) is 0 Å². The molecule has 1 saturated heterocycles. The Morgan fingerprint density at radius 1 is 1.38 bits per heavy atom. The SMILES string of the molecule is C=CCNC(=O)[C@H]1CNCCN1S(=O)(=O)c1cccc2cccnc12.Cl. The minimum atomic E-state index is -3.86. The highest BCUT2D eigenvalue weighted by Crippen LogP contribution is 2.25. The lowest BCUT2D eigenvalue weighted by molar-refractivity contribution is -0.125. The Morgan fingerprint density at radius 3 is 2.92 bits per heavy atom. The number of aromatic nitrogens is 1. The Labute approximate surface area is 158 Å². The lowest BCUT2D eigenvalue weighted by Crippen LogP contribution is -2.59. The predicted octanol–water partition coefficient (Wildman–Crippen LogP) is 0.921. The number of para-hydroxylation sites is 1. The predicted molar refractivity (Wildman–Crippen MR) is 103 cm³/mol. The first-order valence-corrected chi connectivity index (χ1v) is 9.44. The van der Waals surface area contributed by atoms with Crippen LogP contribution in [0.1, 0.15) is 0 Å². The Balaban J connectivity index is 0.00000243. The summed E-state index contributed by atoms with van der Waals surface area (Å²) in [4.78, 5) is 16.7. The summed E-state index contributed by atoms with van der Waals surface area (Å²) in [6.07, 6.45) is 3.12. The maximum absolute atomic E-state index is 13.2. The van der Waals surface area contributed by atoms with Gasteiger partial charge in [0.1, 0.15) is 10.9 Å². The second-order valence-corrected chi connectivity index (χ2v) is 7.56. The molecule has 0 saturated carbocycles. The van der Waals surface area contributed by atoms with E-state index in [4.69, 9.17) is 0 Å². The van der Waals surface area contributed by atoms with Gasteiger partial charge in [0.05, 0.1) is 5.52 Å². The van der Waals surface area contributed by atoms with E-state index < -0.39 is 16.1 Å². The van der Waals surface area contributed by atoms with Gasteiger partial charge in [-0.15, -0.1) is 19.0 Å². The number of fused-ring (bicyclic) bond motifs is 1. The number of hydrogen-bond donors (Lipinski definition) is 2. The van der Waals surface area contributed by atoms with Crippen LogP contribution in [0.25, 0.3) is 10.9 Å². The van der Waals surface area contributed by atoms with Gasteiger partial charge in [0.15, 0.2) is 0 Å². The topological polar surface area (TPSA) is 91.4 Å². The zero-order chi connectivity index (χ0) is 17.9. The van der Waals surface area contributed by atoms with Crippen LogP contribution < -0.4 is 10.6 Å². The number of halogens is 1. The lowest BCUT2D eigenvalue weighted by Gasteiger charge is -2.34. The molecule has 2 heterocycles. The Kier molecular flexibility index (Phi) is 6.71. The van der Waals surface area contributed by atoms with E-state index in [1.54, 1.807) is 24.4 Å². The monoisotopic (exact) mass is 396 g/mol. The van der Waals surface area contributed by atoms with Gasteiger partial charge in [0.2, 0.25) is 15.9 Å². The van der Waals surface area contributed by atoms with Crippen molar-refractivity contribution in [3.05, 3.63) is 49.2 Å². The summed E-state index contributed by atoms with van der Waals surface area (Å²) in [6, 6.07) is 7.80. The second kappa shape index (κ2) is 8.59. The van der Waals surface area contributed by atoms with E-state index in [0.29, 0.717) is 18.6 Å². The van der Waals surface area contributed by atoms with Gasteiger partial charge in [0.25, 0.3) is 0 Å². The van der Waals surface area contributed by atoms with Crippen LogP contribution in [-0.2, 0) is 14.8 Å². The zero-order valence-electron chi connectivity index (χ0n) is 14.1. The number of pyridine rings is 1. The fraction of sp³-hybridized carbons (Fsp3) is 0.294. The lowest BCUT2D eigenvalue weighted by atomic mass is 10.2. The molecular weight excluding hydrogens is 376 g/mol. The van der Waals surface area contributed by atoms with Crippen molar-refractivity contribution in [3.8, 4) is 0 Å². The summed E-state index contributed by atoms with van der Waals surface area (Å²) in [7, 11) is -3.86. The molecule has 0 radical (unpaired) electrons. The van der Waals surface area contributed by atoms with E-state index in [2.05, 4.69) is 22.2 Å². The molecule has 0 unspecified atom stereocenters. The zero-order valence-corrected chi connectivity index (χ0v) is 15.7. The molecule has 1 aliphatic heterocycles. The summed E-state index contributed by atoms with van der Waals surface area (Å²) in [5.74, 6) is -0.344. The molecule has 1 aromatic heterocycles. The number of hydrogen-bond acceptors (Lipinski definition) is 5. The van der Waals surface area contributed by atoms with Crippen molar-refractivity contribution in [1.29, 1.82) is 0 Å². The van der Waals surface area contributed by atoms with Gasteiger partial charge in [-0.1, -0.05) is 24.3 Å². The standard InChI is InChI=1S/C17H20N4O3S.ClH/c1-2-8-20-17(22)14-12-18-10-11-21(14)25(23,24)15-7-3-5-13-6-4-9-19-16(13)15;/h2-7,9,14,18H,1,8,10-12H2,(H,20,22);1H/t14-;/m1./s1. The van der Waals surface area contributed by atoms with Gasteiger partial charge in [-0.25, -0.2) is 8.42 Å². The van der Waals surface area contributed by atoms with Gasteiger partial charge < -0.3 is 10.6 Å². The Morgan fingerprint density at radius 2 is 2.15 bits per heavy atom. The van der Waals surface area contributed by atoms with Crippen molar-refractivity contribution in [2.45, 2.75) is 10.9 Å². The van der Waals surface area contributed by atoms with Crippen molar-refractivity contribution >= 4 is 39.2 Å². The third kappa shape index (κ3) is 3.88. The van der Waals surface area contributed by atoms with Gasteiger partial charge in [-0.05, 0) is 12.1 Å². The minimum Gasteiger partial charge on any atom is -0.351 e. The Bertz CT molecular complexity index is 899. The second-order valence-electron chi connectivity index (χ2n) is 5.70. The molecule has 9 heteroatoms. The molecule has 7 nitrogen and oxygen atoms in total. The van der Waals surface area contributed by atoms with Crippen molar-refractivity contribution in [1.82, 2.24) is 19.9 Å². The number of piperazine rings is 1. The number of carbonyl (C=O) groups is 1. The molecule has 1 fully saturated rings. The number of benzene rings is 1. The number of rotatable bonds is 5. The van der Waals surface area contributed by atoms with Gasteiger partial charge in [-0.2, -0.15) is 4.31 Å². The van der Waals surface area contributed by atoms with E-state index in [0.717, 1.165) is 5.39 Å². The molecule has 1 aromatic carbocycles. The molecule has 26 heavy (non-hydrogen) atoms. The smallest absolute Gasteiger partial charge is 0.246 e. The van der Waals surface area contributed by atoms with E-state index in [1.807, 2.05) is 12.1 Å². The van der Waals surface area contributed by atoms with Crippen molar-refractivity contribution in [3.63, 3.8) is 0 Å². The first kappa shape index (κ1) is 20.3. The normalized spacial score (nSPS) is 18.1. The van der Waals surface area contributed by atoms with Crippen molar-refractivity contribution in [2.24, 2.45) is 0 Å². The van der Waals surface area contributed by atoms with Gasteiger partial charge in [-0.3, -0.25) is 9.78 Å². The highest BCUT2D eigenvalue weighted by Gasteiger charge is 2.38. The summed E-state index contributed by atoms with van der Waals surface area (Å²) < 4.78 is 27.8. The largest absolute Gasteiger partial charge is 0.351 e. The summed E-state index contributed by atoms with van der Waals surface area (Å²) >= 11 is 0. The van der Waals surface area contributed by atoms with Gasteiger partial charge in [0, 0.05) is 37.8 Å². The molecule has 3 rings (SSSR count). The van der Waals surface area contributed by atoms with E-state index in [1.165, 1.54) is 10.4 Å². The van der Waals surface area contributed by atoms with Crippen LogP contribution in [0.15, 0.2) is 54.1 Å². The molecule has 0 bridgehead atoms. The molecule has 1 amide bonds. The first-order valence-electron chi connectivity index (χ1n) is 8.00. The Hall–Kier alpha value is -2.00. The highest BCUT2D eigenvalue weighted by atomic mass is 35.5. The van der Waals surface area contributed by atoms with Gasteiger partial charge >= 0.3 is 0 Å². The molecule has 0 spiro atoms. The van der Waals surface area contributed by atoms with E-state index in [-0.39, 0.29) is 36.3 Å². The molecule has 1 aliphatic rings. The van der Waals surface area contributed by atoms with Crippen molar-refractivity contribution in [2.75, 3.05) is 26.2 Å². The summed E-state index contributed by atoms with van der Waals surface area (Å²) in [5.41, 5.74) is 0.411. The minimum absolute atomic E-state index is 0. The first-order chi connectivity index (χ1) is 12.1. The number of sulfonamides is 1. The molecule has 140 valence electrons. The maximum Gasteiger partial charge on any atom is 0.246 e. The quantitative estimate of drug-likeness (QED) is 0.733. The fourth-order valence-corrected chi connectivity index (χ4v) is 4.65. The third-order valence-electron chi connectivity index (χ3n) is 4.10. The average Bonchev–Trinajstić information content (AvgIpc) is 2.65. The van der Waals surface area contributed by atoms with Crippen LogP contribution in [0.5, 0.6) is 0 Å². The van der Waals surface area contributed by atoms with E-state index in [9.17, 15) is 13.2 Å². The summed E-state index contributed by atoms with van der Waals surface area (Å²) in [6.45, 7) is 4.82. The van der Waals surface area contributed by atoms with Crippen molar-refractivity contribution < 1.29 is 13.2 Å². The number of nitrogens with one attached hydrogen (secondary N) is 2. The van der Waals surface area contributed by atoms with Crippen LogP contribution in [0.2, 0.25) is 0 Å². The summed E-state index contributed by atoms with van der Waals surface area (Å²) in [5, 5.41) is 6.49. The van der Waals surface area contributed by atoms with E-state index >= 15 is 0 Å². The van der Waals surface area contributed by atoms with Crippen LogP contribution in [-0.4, -0.2) is 55.8 Å². The van der Waals surface area contributed by atoms with Crippen LogP contribution >= 0.6 is 12.4 Å². The molecule has 2 N–H and O–H groups in total. The number of nitrogens with zero attached hydrogens (tertiary/aromatic N) is 2.